The van der Waals surface area contributed by atoms with Gasteiger partial charge in [-0.3, -0.25) is 4.98 Å². The van der Waals surface area contributed by atoms with E-state index in [2.05, 4.69) is 10.3 Å². The average molecular weight is 246 g/mol. The lowest BCUT2D eigenvalue weighted by molar-refractivity contribution is 0.404. The van der Waals surface area contributed by atoms with Gasteiger partial charge < -0.3 is 10.1 Å². The number of hydrogen-bond acceptors (Lipinski definition) is 3. The minimum absolute atomic E-state index is 0.260. The summed E-state index contributed by atoms with van der Waals surface area (Å²) in [6.07, 6.45) is 2.80. The first-order chi connectivity index (χ1) is 8.77. The first kappa shape index (κ1) is 12.5. The molecule has 1 atom stereocenters. The lowest BCUT2D eigenvalue weighted by atomic mass is 9.98. The number of nitrogens with one attached hydrogen (secondary N) is 1. The maximum Gasteiger partial charge on any atom is 0.146 e. The summed E-state index contributed by atoms with van der Waals surface area (Å²) in [6.45, 7) is 0. The third kappa shape index (κ3) is 2.33. The van der Waals surface area contributed by atoms with E-state index in [1.807, 2.05) is 24.3 Å². The fourth-order valence-corrected chi connectivity index (χ4v) is 2.00. The van der Waals surface area contributed by atoms with E-state index in [1.54, 1.807) is 26.4 Å². The quantitative estimate of drug-likeness (QED) is 0.900. The number of pyridine rings is 1. The molecular weight excluding hydrogens is 231 g/mol. The first-order valence-electron chi connectivity index (χ1n) is 5.67. The zero-order valence-corrected chi connectivity index (χ0v) is 10.4. The topological polar surface area (TPSA) is 34.2 Å². The van der Waals surface area contributed by atoms with Crippen molar-refractivity contribution in [1.82, 2.24) is 10.3 Å². The summed E-state index contributed by atoms with van der Waals surface area (Å²) in [5.74, 6) is 0.399. The van der Waals surface area contributed by atoms with E-state index in [-0.39, 0.29) is 11.9 Å². The number of aromatic nitrogens is 1. The molecule has 0 saturated heterocycles. The number of ether oxygens (including phenoxy) is 1. The number of hydrogen-bond donors (Lipinski definition) is 1. The second-order valence-corrected chi connectivity index (χ2v) is 3.86. The molecule has 1 aromatic heterocycles. The Kier molecular flexibility index (Phi) is 3.89. The van der Waals surface area contributed by atoms with Gasteiger partial charge >= 0.3 is 0 Å². The van der Waals surface area contributed by atoms with Crippen LogP contribution in [0.3, 0.4) is 0 Å². The van der Waals surface area contributed by atoms with Gasteiger partial charge in [-0.05, 0) is 19.2 Å². The van der Waals surface area contributed by atoms with Gasteiger partial charge in [-0.2, -0.15) is 0 Å². The van der Waals surface area contributed by atoms with Crippen LogP contribution in [0.25, 0.3) is 0 Å². The minimum Gasteiger partial charge on any atom is -0.496 e. The summed E-state index contributed by atoms with van der Waals surface area (Å²) in [7, 11) is 3.39. The summed E-state index contributed by atoms with van der Waals surface area (Å²) in [5, 5.41) is 3.10. The molecule has 18 heavy (non-hydrogen) atoms. The highest BCUT2D eigenvalue weighted by Crippen LogP contribution is 2.30. The zero-order chi connectivity index (χ0) is 13.0. The maximum atomic E-state index is 13.8. The van der Waals surface area contributed by atoms with Gasteiger partial charge in [0.25, 0.3) is 0 Å². The van der Waals surface area contributed by atoms with Crippen LogP contribution in [-0.2, 0) is 0 Å². The Labute approximate surface area is 106 Å². The van der Waals surface area contributed by atoms with Crippen LogP contribution in [0.4, 0.5) is 4.39 Å². The number of para-hydroxylation sites is 1. The van der Waals surface area contributed by atoms with Crippen LogP contribution >= 0.6 is 0 Å². The third-order valence-corrected chi connectivity index (χ3v) is 2.85. The third-order valence-electron chi connectivity index (χ3n) is 2.85. The minimum atomic E-state index is -0.331. The Balaban J connectivity index is 2.49. The van der Waals surface area contributed by atoms with Crippen molar-refractivity contribution < 1.29 is 9.13 Å². The van der Waals surface area contributed by atoms with Gasteiger partial charge in [-0.1, -0.05) is 18.2 Å². The van der Waals surface area contributed by atoms with Crippen molar-refractivity contribution in [2.75, 3.05) is 14.2 Å². The normalized spacial score (nSPS) is 12.2. The van der Waals surface area contributed by atoms with Crippen LogP contribution < -0.4 is 10.1 Å². The fourth-order valence-electron chi connectivity index (χ4n) is 2.00. The molecule has 2 aromatic rings. The second kappa shape index (κ2) is 5.60. The van der Waals surface area contributed by atoms with E-state index >= 15 is 0 Å². The molecule has 1 N–H and O–H groups in total. The van der Waals surface area contributed by atoms with Crippen LogP contribution in [0.2, 0.25) is 0 Å². The SMILES string of the molecule is CNC(c1ccncc1F)c1ccccc1OC. The summed E-state index contributed by atoms with van der Waals surface area (Å²) < 4.78 is 19.1. The van der Waals surface area contributed by atoms with Gasteiger partial charge in [0.2, 0.25) is 0 Å². The highest BCUT2D eigenvalue weighted by molar-refractivity contribution is 5.41. The van der Waals surface area contributed by atoms with Crippen molar-refractivity contribution >= 4 is 0 Å². The van der Waals surface area contributed by atoms with Crippen molar-refractivity contribution in [2.24, 2.45) is 0 Å². The van der Waals surface area contributed by atoms with Crippen molar-refractivity contribution in [3.8, 4) is 5.75 Å². The van der Waals surface area contributed by atoms with E-state index in [9.17, 15) is 4.39 Å². The molecule has 0 radical (unpaired) electrons. The molecule has 0 aliphatic carbocycles. The molecule has 1 unspecified atom stereocenters. The molecule has 3 nitrogen and oxygen atoms in total. The first-order valence-corrected chi connectivity index (χ1v) is 5.67. The maximum absolute atomic E-state index is 13.8. The van der Waals surface area contributed by atoms with Gasteiger partial charge in [-0.15, -0.1) is 0 Å². The lowest BCUT2D eigenvalue weighted by Gasteiger charge is -2.20. The molecule has 0 fully saturated rings. The number of nitrogens with zero attached hydrogens (tertiary/aromatic N) is 1. The Hall–Kier alpha value is -1.94. The van der Waals surface area contributed by atoms with Gasteiger partial charge in [0.1, 0.15) is 11.6 Å². The van der Waals surface area contributed by atoms with E-state index in [1.165, 1.54) is 6.20 Å². The van der Waals surface area contributed by atoms with Crippen molar-refractivity contribution in [2.45, 2.75) is 6.04 Å². The molecule has 2 rings (SSSR count). The van der Waals surface area contributed by atoms with Crippen molar-refractivity contribution in [1.29, 1.82) is 0 Å². The predicted octanol–water partition coefficient (Wildman–Crippen LogP) is 2.54. The highest BCUT2D eigenvalue weighted by atomic mass is 19.1. The van der Waals surface area contributed by atoms with Gasteiger partial charge in [-0.25, -0.2) is 4.39 Å². The molecule has 1 aromatic carbocycles. The van der Waals surface area contributed by atoms with Crippen LogP contribution in [0.1, 0.15) is 17.2 Å². The number of methoxy groups -OCH3 is 1. The molecule has 94 valence electrons. The molecule has 0 aliphatic rings. The molecule has 0 aliphatic heterocycles. The van der Waals surface area contributed by atoms with Gasteiger partial charge in [0.05, 0.1) is 19.3 Å². The Morgan fingerprint density at radius 2 is 2.00 bits per heavy atom. The van der Waals surface area contributed by atoms with Crippen LogP contribution in [-0.4, -0.2) is 19.1 Å². The second-order valence-electron chi connectivity index (χ2n) is 3.86. The van der Waals surface area contributed by atoms with E-state index in [4.69, 9.17) is 4.74 Å². The number of rotatable bonds is 4. The van der Waals surface area contributed by atoms with Crippen LogP contribution in [0, 0.1) is 5.82 Å². The Morgan fingerprint density at radius 1 is 1.22 bits per heavy atom. The molecule has 0 bridgehead atoms. The monoisotopic (exact) mass is 246 g/mol. The van der Waals surface area contributed by atoms with E-state index in [0.29, 0.717) is 5.56 Å². The zero-order valence-electron chi connectivity index (χ0n) is 10.4. The predicted molar refractivity (Wildman–Crippen MR) is 68.1 cm³/mol. The van der Waals surface area contributed by atoms with E-state index < -0.39 is 0 Å². The summed E-state index contributed by atoms with van der Waals surface area (Å²) >= 11 is 0. The average Bonchev–Trinajstić information content (AvgIpc) is 2.42. The number of halogens is 1. The van der Waals surface area contributed by atoms with Crippen LogP contribution in [0.15, 0.2) is 42.7 Å². The smallest absolute Gasteiger partial charge is 0.146 e. The van der Waals surface area contributed by atoms with Crippen molar-refractivity contribution in [3.05, 3.63) is 59.7 Å². The molecular formula is C14H15FN2O. The van der Waals surface area contributed by atoms with Gasteiger partial charge in [0.15, 0.2) is 0 Å². The molecule has 0 amide bonds. The summed E-state index contributed by atoms with van der Waals surface area (Å²) in [5.41, 5.74) is 1.45. The highest BCUT2D eigenvalue weighted by Gasteiger charge is 2.19. The lowest BCUT2D eigenvalue weighted by Crippen LogP contribution is -2.19. The Bertz CT molecular complexity index is 531. The van der Waals surface area contributed by atoms with Crippen LogP contribution in [0.5, 0.6) is 5.75 Å². The molecule has 1 heterocycles. The molecule has 0 saturated carbocycles. The molecule has 0 spiro atoms. The van der Waals surface area contributed by atoms with E-state index in [0.717, 1.165) is 11.3 Å². The molecule has 4 heteroatoms. The number of benzene rings is 1. The fraction of sp³-hybridized carbons (Fsp3) is 0.214. The largest absolute Gasteiger partial charge is 0.496 e. The standard InChI is InChI=1S/C14H15FN2O/c1-16-14(10-7-8-17-9-12(10)15)11-5-3-4-6-13(11)18-2/h3-9,14,16H,1-2H3. The summed E-state index contributed by atoms with van der Waals surface area (Å²) in [6, 6.07) is 8.98. The van der Waals surface area contributed by atoms with Crippen molar-refractivity contribution in [3.63, 3.8) is 0 Å². The Morgan fingerprint density at radius 3 is 2.67 bits per heavy atom. The summed E-state index contributed by atoms with van der Waals surface area (Å²) in [4.78, 5) is 3.76. The van der Waals surface area contributed by atoms with Gasteiger partial charge in [0, 0.05) is 17.3 Å².